The Balaban J connectivity index is 1.28. The molecule has 0 saturated heterocycles. The molecule has 0 atom stereocenters. The first kappa shape index (κ1) is 34.6. The molecule has 0 aromatic heterocycles. The van der Waals surface area contributed by atoms with E-state index in [9.17, 15) is 9.36 Å². The fourth-order valence-electron chi connectivity index (χ4n) is 6.33. The molecular weight excluding hydrogens is 605 g/mol. The Morgan fingerprint density at radius 3 is 1.83 bits per heavy atom. The lowest BCUT2D eigenvalue weighted by Crippen LogP contribution is -2.45. The summed E-state index contributed by atoms with van der Waals surface area (Å²) in [6.45, 7) is 5.57. The Morgan fingerprint density at radius 1 is 0.681 bits per heavy atom. The predicted molar refractivity (Wildman–Crippen MR) is 190 cm³/mol. The number of para-hydroxylation sites is 1. The zero-order valence-corrected chi connectivity index (χ0v) is 28.7. The Labute approximate surface area is 280 Å². The van der Waals surface area contributed by atoms with Crippen molar-refractivity contribution < 1.29 is 23.1 Å². The van der Waals surface area contributed by atoms with Gasteiger partial charge in [-0.05, 0) is 84.2 Å². The average Bonchev–Trinajstić information content (AvgIpc) is 3.39. The maximum atomic E-state index is 14.4. The molecular formula is C40H48NO5P. The van der Waals surface area contributed by atoms with Crippen molar-refractivity contribution in [3.8, 4) is 22.6 Å². The third kappa shape index (κ3) is 8.61. The van der Waals surface area contributed by atoms with Gasteiger partial charge in [-0.3, -0.25) is 9.36 Å². The molecule has 1 amide bonds. The van der Waals surface area contributed by atoms with Crippen molar-refractivity contribution >= 4 is 13.5 Å². The molecule has 4 aromatic carbocycles. The normalized spacial score (nSPS) is 13.1. The topological polar surface area (TPSA) is 73.9 Å². The molecule has 0 spiro atoms. The minimum atomic E-state index is -3.20. The molecule has 0 aliphatic heterocycles. The van der Waals surface area contributed by atoms with E-state index in [0.717, 1.165) is 65.0 Å². The Morgan fingerprint density at radius 2 is 1.23 bits per heavy atom. The van der Waals surface area contributed by atoms with Gasteiger partial charge < -0.3 is 19.1 Å². The molecule has 7 heteroatoms. The Hall–Kier alpha value is -3.70. The van der Waals surface area contributed by atoms with Crippen LogP contribution < -0.4 is 10.1 Å². The molecule has 248 valence electrons. The predicted octanol–water partition coefficient (Wildman–Crippen LogP) is 10.1. The van der Waals surface area contributed by atoms with E-state index in [1.54, 1.807) is 0 Å². The lowest BCUT2D eigenvalue weighted by atomic mass is 9.73. The monoisotopic (exact) mass is 653 g/mol. The summed E-state index contributed by atoms with van der Waals surface area (Å²) in [6, 6.07) is 34.2. The van der Waals surface area contributed by atoms with Gasteiger partial charge in [0, 0.05) is 6.54 Å². The zero-order valence-electron chi connectivity index (χ0n) is 27.8. The van der Waals surface area contributed by atoms with Crippen LogP contribution in [0.25, 0.3) is 11.1 Å². The number of ether oxygens (including phenoxy) is 1. The van der Waals surface area contributed by atoms with Crippen LogP contribution in [0, 0.1) is 0 Å². The van der Waals surface area contributed by atoms with E-state index in [0.29, 0.717) is 51.6 Å². The second-order valence-electron chi connectivity index (χ2n) is 12.2. The van der Waals surface area contributed by atoms with Crippen molar-refractivity contribution in [3.63, 3.8) is 0 Å². The summed E-state index contributed by atoms with van der Waals surface area (Å²) in [5.41, 5.74) is 4.54. The van der Waals surface area contributed by atoms with Gasteiger partial charge in [-0.2, -0.15) is 0 Å². The van der Waals surface area contributed by atoms with Crippen molar-refractivity contribution in [1.82, 2.24) is 5.32 Å². The molecule has 47 heavy (non-hydrogen) atoms. The minimum Gasteiger partial charge on any atom is -0.457 e. The quantitative estimate of drug-likeness (QED) is 0.0805. The SMILES string of the molecule is CCCCOP(=O)(CCCCC1(C(=O)NCCc2ccc(Oc3ccccc3)cc2)c2ccccc2-c2ccccc21)OCCCC. The molecule has 1 aliphatic carbocycles. The van der Waals surface area contributed by atoms with E-state index in [4.69, 9.17) is 13.8 Å². The summed E-state index contributed by atoms with van der Waals surface area (Å²) in [6.07, 6.45) is 6.65. The van der Waals surface area contributed by atoms with E-state index < -0.39 is 13.0 Å². The molecule has 5 rings (SSSR count). The van der Waals surface area contributed by atoms with Crippen LogP contribution in [0.1, 0.15) is 75.5 Å². The van der Waals surface area contributed by atoms with Crippen LogP contribution in [-0.4, -0.2) is 31.8 Å². The van der Waals surface area contributed by atoms with Gasteiger partial charge in [0.25, 0.3) is 0 Å². The van der Waals surface area contributed by atoms with Crippen LogP contribution in [0.3, 0.4) is 0 Å². The minimum absolute atomic E-state index is 0.000468. The largest absolute Gasteiger partial charge is 0.457 e. The summed E-state index contributed by atoms with van der Waals surface area (Å²) in [7, 11) is -3.20. The van der Waals surface area contributed by atoms with Gasteiger partial charge >= 0.3 is 7.60 Å². The first-order valence-corrected chi connectivity index (χ1v) is 18.9. The summed E-state index contributed by atoms with van der Waals surface area (Å²) in [4.78, 5) is 14.4. The number of carbonyl (C=O) groups excluding carboxylic acids is 1. The number of unbranched alkanes of at least 4 members (excludes halogenated alkanes) is 3. The number of hydrogen-bond acceptors (Lipinski definition) is 5. The van der Waals surface area contributed by atoms with Crippen molar-refractivity contribution in [3.05, 3.63) is 120 Å². The van der Waals surface area contributed by atoms with E-state index in [1.165, 1.54) is 0 Å². The second kappa shape index (κ2) is 16.9. The molecule has 0 radical (unpaired) electrons. The first-order chi connectivity index (χ1) is 23.0. The molecule has 1 aliphatic rings. The fraction of sp³-hybridized carbons (Fsp3) is 0.375. The molecule has 0 fully saturated rings. The number of hydrogen-bond donors (Lipinski definition) is 1. The third-order valence-corrected chi connectivity index (χ3v) is 10.9. The molecule has 0 bridgehead atoms. The summed E-state index contributed by atoms with van der Waals surface area (Å²) in [5.74, 6) is 1.57. The van der Waals surface area contributed by atoms with Gasteiger partial charge in [-0.15, -0.1) is 0 Å². The van der Waals surface area contributed by atoms with Crippen molar-refractivity contribution in [2.75, 3.05) is 25.9 Å². The van der Waals surface area contributed by atoms with Gasteiger partial charge in [-0.1, -0.05) is 112 Å². The molecule has 0 heterocycles. The third-order valence-electron chi connectivity index (χ3n) is 8.86. The second-order valence-corrected chi connectivity index (χ2v) is 14.4. The lowest BCUT2D eigenvalue weighted by Gasteiger charge is -2.31. The van der Waals surface area contributed by atoms with Gasteiger partial charge in [-0.25, -0.2) is 0 Å². The van der Waals surface area contributed by atoms with Crippen molar-refractivity contribution in [2.45, 2.75) is 70.6 Å². The summed E-state index contributed by atoms with van der Waals surface area (Å²) < 4.78 is 31.3. The highest BCUT2D eigenvalue weighted by atomic mass is 31.2. The van der Waals surface area contributed by atoms with Crippen LogP contribution in [0.5, 0.6) is 11.5 Å². The van der Waals surface area contributed by atoms with E-state index in [-0.39, 0.29) is 5.91 Å². The van der Waals surface area contributed by atoms with Crippen LogP contribution in [0.2, 0.25) is 0 Å². The summed E-state index contributed by atoms with van der Waals surface area (Å²) in [5, 5.41) is 3.30. The smallest absolute Gasteiger partial charge is 0.330 e. The molecule has 4 aromatic rings. The maximum absolute atomic E-state index is 14.4. The number of carbonyl (C=O) groups is 1. The van der Waals surface area contributed by atoms with Crippen molar-refractivity contribution in [1.29, 1.82) is 0 Å². The first-order valence-electron chi connectivity index (χ1n) is 17.2. The number of nitrogens with one attached hydrogen (secondary N) is 1. The molecule has 1 N–H and O–H groups in total. The van der Waals surface area contributed by atoms with E-state index in [2.05, 4.69) is 43.4 Å². The van der Waals surface area contributed by atoms with Crippen LogP contribution >= 0.6 is 7.60 Å². The van der Waals surface area contributed by atoms with Crippen LogP contribution in [0.15, 0.2) is 103 Å². The van der Waals surface area contributed by atoms with Crippen LogP contribution in [-0.2, 0) is 30.2 Å². The highest BCUT2D eigenvalue weighted by Crippen LogP contribution is 2.53. The highest BCUT2D eigenvalue weighted by molar-refractivity contribution is 7.53. The Kier molecular flexibility index (Phi) is 12.5. The zero-order chi connectivity index (χ0) is 33.0. The van der Waals surface area contributed by atoms with Gasteiger partial charge in [0.05, 0.1) is 19.4 Å². The molecule has 0 saturated carbocycles. The average molecular weight is 654 g/mol. The molecule has 6 nitrogen and oxygen atoms in total. The maximum Gasteiger partial charge on any atom is 0.330 e. The summed E-state index contributed by atoms with van der Waals surface area (Å²) >= 11 is 0. The number of fused-ring (bicyclic) bond motifs is 3. The molecule has 0 unspecified atom stereocenters. The number of rotatable bonds is 19. The van der Waals surface area contributed by atoms with E-state index >= 15 is 0 Å². The van der Waals surface area contributed by atoms with Crippen LogP contribution in [0.4, 0.5) is 0 Å². The fourth-order valence-corrected chi connectivity index (χ4v) is 8.09. The van der Waals surface area contributed by atoms with Gasteiger partial charge in [0.2, 0.25) is 5.91 Å². The van der Waals surface area contributed by atoms with Gasteiger partial charge in [0.1, 0.15) is 16.9 Å². The standard InChI is InChI=1S/C40H48NO5P/c1-3-5-29-44-47(43,45-30-6-4-2)31-15-14-27-40(37-20-12-10-18-35(37)36-19-11-13-21-38(36)40)39(42)41-28-26-32-22-24-34(25-23-32)46-33-16-8-7-9-17-33/h7-13,16-25H,3-6,14-15,26-31H2,1-2H3,(H,41,42). The van der Waals surface area contributed by atoms with E-state index in [1.807, 2.05) is 78.9 Å². The Bertz CT molecular complexity index is 1560. The highest BCUT2D eigenvalue weighted by Gasteiger charge is 2.48. The lowest BCUT2D eigenvalue weighted by molar-refractivity contribution is -0.125. The van der Waals surface area contributed by atoms with Crippen molar-refractivity contribution in [2.24, 2.45) is 0 Å². The number of benzene rings is 4. The number of amides is 1. The van der Waals surface area contributed by atoms with Gasteiger partial charge in [0.15, 0.2) is 0 Å².